The van der Waals surface area contributed by atoms with Crippen LogP contribution in [0, 0.1) is 6.92 Å². The number of aryl methyl sites for hydroxylation is 1. The lowest BCUT2D eigenvalue weighted by Gasteiger charge is -2.16. The molecule has 0 radical (unpaired) electrons. The van der Waals surface area contributed by atoms with E-state index in [1.165, 1.54) is 0 Å². The third-order valence-corrected chi connectivity index (χ3v) is 2.40. The standard InChI is InChI=1S/C15H20O4/c1-6-17-13-11(5)8-9-12(14(13)18-7-2)19-15(16)10(3)4/h8-9H,3,6-7H2,1-2,4-5H3. The SMILES string of the molecule is C=C(C)C(=O)Oc1ccc(C)c(OCC)c1OCC. The van der Waals surface area contributed by atoms with Crippen molar-refractivity contribution in [2.75, 3.05) is 13.2 Å². The van der Waals surface area contributed by atoms with E-state index in [9.17, 15) is 4.79 Å². The largest absolute Gasteiger partial charge is 0.490 e. The fraction of sp³-hybridized carbons (Fsp3) is 0.400. The maximum Gasteiger partial charge on any atom is 0.338 e. The molecular formula is C15H20O4. The molecule has 0 aliphatic carbocycles. The van der Waals surface area contributed by atoms with Crippen molar-refractivity contribution in [1.29, 1.82) is 0 Å². The van der Waals surface area contributed by atoms with Crippen LogP contribution in [-0.4, -0.2) is 19.2 Å². The van der Waals surface area contributed by atoms with Gasteiger partial charge in [0.15, 0.2) is 11.5 Å². The fourth-order valence-corrected chi connectivity index (χ4v) is 1.52. The summed E-state index contributed by atoms with van der Waals surface area (Å²) >= 11 is 0. The molecule has 0 saturated heterocycles. The number of rotatable bonds is 6. The van der Waals surface area contributed by atoms with Gasteiger partial charge >= 0.3 is 5.97 Å². The lowest BCUT2D eigenvalue weighted by atomic mass is 10.2. The van der Waals surface area contributed by atoms with E-state index < -0.39 is 5.97 Å². The molecule has 0 N–H and O–H groups in total. The Kier molecular flexibility index (Phi) is 5.42. The number of hydrogen-bond acceptors (Lipinski definition) is 4. The minimum atomic E-state index is -0.479. The van der Waals surface area contributed by atoms with Gasteiger partial charge in [-0.05, 0) is 39.3 Å². The predicted molar refractivity (Wildman–Crippen MR) is 74.0 cm³/mol. The number of benzene rings is 1. The highest BCUT2D eigenvalue weighted by Crippen LogP contribution is 2.40. The van der Waals surface area contributed by atoms with Crippen molar-refractivity contribution in [1.82, 2.24) is 0 Å². The Labute approximate surface area is 114 Å². The Balaban J connectivity index is 3.19. The molecule has 0 aliphatic heterocycles. The highest BCUT2D eigenvalue weighted by molar-refractivity contribution is 5.89. The summed E-state index contributed by atoms with van der Waals surface area (Å²) in [7, 11) is 0. The van der Waals surface area contributed by atoms with Gasteiger partial charge in [-0.3, -0.25) is 0 Å². The molecule has 0 fully saturated rings. The summed E-state index contributed by atoms with van der Waals surface area (Å²) in [6.07, 6.45) is 0. The maximum atomic E-state index is 11.6. The van der Waals surface area contributed by atoms with Gasteiger partial charge in [0.2, 0.25) is 5.75 Å². The Bertz CT molecular complexity index is 477. The van der Waals surface area contributed by atoms with Crippen molar-refractivity contribution < 1.29 is 19.0 Å². The normalized spacial score (nSPS) is 9.89. The molecule has 1 aromatic rings. The molecule has 0 bridgehead atoms. The molecule has 1 aromatic carbocycles. The second-order valence-corrected chi connectivity index (χ2v) is 4.07. The first kappa shape index (κ1) is 15.1. The monoisotopic (exact) mass is 264 g/mol. The minimum absolute atomic E-state index is 0.334. The average molecular weight is 264 g/mol. The van der Waals surface area contributed by atoms with Crippen LogP contribution in [0.25, 0.3) is 0 Å². The Morgan fingerprint density at radius 1 is 1.16 bits per heavy atom. The Morgan fingerprint density at radius 3 is 2.26 bits per heavy atom. The van der Waals surface area contributed by atoms with Crippen LogP contribution in [0.15, 0.2) is 24.3 Å². The van der Waals surface area contributed by atoms with Crippen LogP contribution in [0.4, 0.5) is 0 Å². The number of carbonyl (C=O) groups excluding carboxylic acids is 1. The van der Waals surface area contributed by atoms with Crippen LogP contribution in [-0.2, 0) is 4.79 Å². The third kappa shape index (κ3) is 3.74. The van der Waals surface area contributed by atoms with Crippen molar-refractivity contribution in [2.45, 2.75) is 27.7 Å². The van der Waals surface area contributed by atoms with Gasteiger partial charge in [0.1, 0.15) is 0 Å². The van der Waals surface area contributed by atoms with E-state index in [4.69, 9.17) is 14.2 Å². The minimum Gasteiger partial charge on any atom is -0.490 e. The Hall–Kier alpha value is -1.97. The molecule has 0 atom stereocenters. The molecule has 0 spiro atoms. The van der Waals surface area contributed by atoms with Crippen molar-refractivity contribution >= 4 is 5.97 Å². The molecule has 0 aromatic heterocycles. The highest BCUT2D eigenvalue weighted by atomic mass is 16.6. The summed E-state index contributed by atoms with van der Waals surface area (Å²) in [5.74, 6) is 0.937. The van der Waals surface area contributed by atoms with Gasteiger partial charge in [-0.25, -0.2) is 4.79 Å². The lowest BCUT2D eigenvalue weighted by molar-refractivity contribution is -0.130. The summed E-state index contributed by atoms with van der Waals surface area (Å²) < 4.78 is 16.4. The van der Waals surface area contributed by atoms with Crippen LogP contribution in [0.3, 0.4) is 0 Å². The molecule has 19 heavy (non-hydrogen) atoms. The van der Waals surface area contributed by atoms with Crippen LogP contribution >= 0.6 is 0 Å². The first-order valence-corrected chi connectivity index (χ1v) is 6.28. The Morgan fingerprint density at radius 2 is 1.74 bits per heavy atom. The zero-order valence-corrected chi connectivity index (χ0v) is 11.9. The maximum absolute atomic E-state index is 11.6. The van der Waals surface area contributed by atoms with E-state index in [0.717, 1.165) is 5.56 Å². The molecular weight excluding hydrogens is 244 g/mol. The fourth-order valence-electron chi connectivity index (χ4n) is 1.52. The second kappa shape index (κ2) is 6.83. The van der Waals surface area contributed by atoms with Crippen molar-refractivity contribution in [3.63, 3.8) is 0 Å². The topological polar surface area (TPSA) is 44.8 Å². The van der Waals surface area contributed by atoms with E-state index >= 15 is 0 Å². The van der Waals surface area contributed by atoms with E-state index in [0.29, 0.717) is 36.0 Å². The molecule has 4 nitrogen and oxygen atoms in total. The van der Waals surface area contributed by atoms with Crippen LogP contribution in [0.1, 0.15) is 26.3 Å². The van der Waals surface area contributed by atoms with Gasteiger partial charge in [-0.2, -0.15) is 0 Å². The summed E-state index contributed by atoms with van der Waals surface area (Å²) in [5, 5.41) is 0. The molecule has 0 saturated carbocycles. The summed E-state index contributed by atoms with van der Waals surface area (Å²) in [6, 6.07) is 3.53. The van der Waals surface area contributed by atoms with Crippen LogP contribution in [0.2, 0.25) is 0 Å². The van der Waals surface area contributed by atoms with Gasteiger partial charge in [0, 0.05) is 5.57 Å². The van der Waals surface area contributed by atoms with Crippen molar-refractivity contribution in [3.8, 4) is 17.2 Å². The summed E-state index contributed by atoms with van der Waals surface area (Å²) in [5.41, 5.74) is 1.27. The van der Waals surface area contributed by atoms with E-state index in [2.05, 4.69) is 6.58 Å². The summed E-state index contributed by atoms with van der Waals surface area (Å²) in [4.78, 5) is 11.6. The first-order chi connectivity index (χ1) is 9.01. The lowest BCUT2D eigenvalue weighted by Crippen LogP contribution is -2.10. The molecule has 0 unspecified atom stereocenters. The molecule has 4 heteroatoms. The summed E-state index contributed by atoms with van der Waals surface area (Å²) in [6.45, 7) is 11.8. The zero-order chi connectivity index (χ0) is 14.4. The van der Waals surface area contributed by atoms with Crippen molar-refractivity contribution in [2.24, 2.45) is 0 Å². The molecule has 104 valence electrons. The number of hydrogen-bond donors (Lipinski definition) is 0. The van der Waals surface area contributed by atoms with Gasteiger partial charge < -0.3 is 14.2 Å². The third-order valence-electron chi connectivity index (χ3n) is 2.40. The van der Waals surface area contributed by atoms with E-state index in [-0.39, 0.29) is 0 Å². The smallest absolute Gasteiger partial charge is 0.338 e. The molecule has 0 aliphatic rings. The highest BCUT2D eigenvalue weighted by Gasteiger charge is 2.17. The second-order valence-electron chi connectivity index (χ2n) is 4.07. The first-order valence-electron chi connectivity index (χ1n) is 6.28. The van der Waals surface area contributed by atoms with Gasteiger partial charge in [-0.1, -0.05) is 12.6 Å². The van der Waals surface area contributed by atoms with Gasteiger partial charge in [0.05, 0.1) is 13.2 Å². The number of esters is 1. The van der Waals surface area contributed by atoms with Crippen LogP contribution in [0.5, 0.6) is 17.2 Å². The van der Waals surface area contributed by atoms with E-state index in [1.807, 2.05) is 26.8 Å². The number of ether oxygens (including phenoxy) is 3. The molecule has 0 amide bonds. The predicted octanol–water partition coefficient (Wildman–Crippen LogP) is 3.27. The molecule has 0 heterocycles. The van der Waals surface area contributed by atoms with Crippen molar-refractivity contribution in [3.05, 3.63) is 29.8 Å². The van der Waals surface area contributed by atoms with Gasteiger partial charge in [0.25, 0.3) is 0 Å². The number of carbonyl (C=O) groups is 1. The average Bonchev–Trinajstić information content (AvgIpc) is 2.36. The van der Waals surface area contributed by atoms with Crippen LogP contribution < -0.4 is 14.2 Å². The van der Waals surface area contributed by atoms with E-state index in [1.54, 1.807) is 13.0 Å². The zero-order valence-electron chi connectivity index (χ0n) is 11.9. The van der Waals surface area contributed by atoms with Gasteiger partial charge in [-0.15, -0.1) is 0 Å². The molecule has 1 rings (SSSR count). The quantitative estimate of drug-likeness (QED) is 0.449.